The number of nitrogens with zero attached hydrogens (tertiary/aromatic N) is 3. The highest BCUT2D eigenvalue weighted by Gasteiger charge is 2.40. The number of aliphatic imine (C=N–C) groups is 1. The number of amides is 1. The van der Waals surface area contributed by atoms with Gasteiger partial charge in [-0.05, 0) is 163 Å². The van der Waals surface area contributed by atoms with Gasteiger partial charge in [0.2, 0.25) is 5.91 Å². The number of benzene rings is 6. The summed E-state index contributed by atoms with van der Waals surface area (Å²) >= 11 is 0. The number of hydrogen-bond acceptors (Lipinski definition) is 9. The Labute approximate surface area is 450 Å². The average molecular weight is 1030 g/mol. The third kappa shape index (κ3) is 12.3. The predicted octanol–water partition coefficient (Wildman–Crippen LogP) is 8.15. The number of allylic oxidation sites excluding steroid dienone is 6. The Kier molecular flexibility index (Phi) is 18.0. The van der Waals surface area contributed by atoms with Crippen molar-refractivity contribution in [1.82, 2.24) is 15.1 Å². The van der Waals surface area contributed by atoms with Gasteiger partial charge in [-0.3, -0.25) is 24.4 Å². The summed E-state index contributed by atoms with van der Waals surface area (Å²) < 4.78 is 0. The Balaban J connectivity index is 1.35. The minimum absolute atomic E-state index is 0.0581. The normalized spacial score (nSPS) is 14.3. The standard InChI is InChI=1S/C63H72B2N4O6Si/c1-9-44-26-29-52-60(35-44)76(7,8)61-37-48(66-6)28-31-53(61)62(52)45-27-30-51-54(36-45)56(41-68(33-17-16-25-59(70)42(2)3)38-46-19-10-14-23-57(46)64(72)73)50-22-13-12-21-49(50)55(51)40-69(34-18-32-67-63(71)43(4)5)39-47-20-11-15-24-58(47)65(74)75/h10-15,19-24,26-31,35-37,72-75H,2,4,9,16-18,25,32-34,38-41H2,1,3,5-8H3,(H,67,71). The Morgan fingerprint density at radius 3 is 1.83 bits per heavy atom. The topological polar surface area (TPSA) is 146 Å². The van der Waals surface area contributed by atoms with Gasteiger partial charge in [0.1, 0.15) is 8.07 Å². The molecule has 0 spiro atoms. The van der Waals surface area contributed by atoms with E-state index >= 15 is 0 Å². The number of Topliss-reactive ketones (excluding diaryl/α,β-unsaturated/α-hetero) is 1. The molecule has 2 aliphatic rings. The lowest BCUT2D eigenvalue weighted by Gasteiger charge is -2.38. The van der Waals surface area contributed by atoms with Crippen molar-refractivity contribution in [3.8, 4) is 0 Å². The molecule has 0 bridgehead atoms. The lowest BCUT2D eigenvalue weighted by molar-refractivity contribution is -0.117. The number of aryl methyl sites for hydroxylation is 1. The zero-order valence-electron chi connectivity index (χ0n) is 45.1. The summed E-state index contributed by atoms with van der Waals surface area (Å²) in [5.74, 6) is -0.129. The molecule has 0 radical (unpaired) electrons. The van der Waals surface area contributed by atoms with Gasteiger partial charge in [-0.2, -0.15) is 0 Å². The van der Waals surface area contributed by atoms with Crippen LogP contribution >= 0.6 is 0 Å². The van der Waals surface area contributed by atoms with E-state index < -0.39 is 22.3 Å². The Morgan fingerprint density at radius 1 is 0.671 bits per heavy atom. The van der Waals surface area contributed by atoms with Crippen LogP contribution in [0.5, 0.6) is 0 Å². The molecule has 1 aliphatic carbocycles. The smallest absolute Gasteiger partial charge is 0.423 e. The van der Waals surface area contributed by atoms with Crippen molar-refractivity contribution in [1.29, 1.82) is 0 Å². The van der Waals surface area contributed by atoms with Gasteiger partial charge in [-0.15, -0.1) is 0 Å². The van der Waals surface area contributed by atoms with E-state index in [0.717, 1.165) is 67.9 Å². The molecule has 0 unspecified atom stereocenters. The van der Waals surface area contributed by atoms with Crippen molar-refractivity contribution < 1.29 is 29.7 Å². The largest absolute Gasteiger partial charge is 0.488 e. The molecule has 1 amide bonds. The summed E-state index contributed by atoms with van der Waals surface area (Å²) in [7, 11) is -3.65. The maximum Gasteiger partial charge on any atom is 0.488 e. The first-order valence-corrected chi connectivity index (χ1v) is 29.7. The summed E-state index contributed by atoms with van der Waals surface area (Å²) in [5, 5.41) is 52.4. The Hall–Kier alpha value is -6.54. The molecule has 76 heavy (non-hydrogen) atoms. The maximum absolute atomic E-state index is 12.8. The maximum atomic E-state index is 12.8. The highest BCUT2D eigenvalue weighted by atomic mass is 28.3. The molecular weight excluding hydrogens is 958 g/mol. The van der Waals surface area contributed by atoms with Gasteiger partial charge in [0.15, 0.2) is 5.78 Å². The highest BCUT2D eigenvalue weighted by molar-refractivity contribution is 6.98. The third-order valence-corrected chi connectivity index (χ3v) is 18.8. The lowest BCUT2D eigenvalue weighted by Crippen LogP contribution is -2.49. The fourth-order valence-corrected chi connectivity index (χ4v) is 14.2. The van der Waals surface area contributed by atoms with E-state index in [1.54, 1.807) is 26.0 Å². The number of rotatable bonds is 23. The highest BCUT2D eigenvalue weighted by Crippen LogP contribution is 2.44. The number of carbonyl (C=O) groups is 2. The van der Waals surface area contributed by atoms with Gasteiger partial charge in [0.05, 0.1) is 5.71 Å². The zero-order chi connectivity index (χ0) is 54.3. The van der Waals surface area contributed by atoms with E-state index in [1.165, 1.54) is 32.7 Å². The average Bonchev–Trinajstić information content (AvgIpc) is 3.42. The molecule has 6 aromatic carbocycles. The van der Waals surface area contributed by atoms with E-state index in [-0.39, 0.29) is 11.7 Å². The molecular formula is C63H72B2N4O6Si. The zero-order valence-corrected chi connectivity index (χ0v) is 46.1. The van der Waals surface area contributed by atoms with Crippen molar-refractivity contribution in [2.75, 3.05) is 26.7 Å². The van der Waals surface area contributed by atoms with Crippen LogP contribution in [0, 0.1) is 0 Å². The SMILES string of the molecule is C=C(C)C(=O)CCCCN(Cc1ccccc1B(O)O)Cc1c2ccccc2c(CN(CCCNC(=O)C(=C)C)Cc2ccccc2B(O)O)c2ccc(C3=C4C=CC(=NC)C=C4[Si](C)(C)c4cc(CC)ccc43)cc12. The van der Waals surface area contributed by atoms with E-state index in [9.17, 15) is 29.7 Å². The molecule has 0 atom stereocenters. The van der Waals surface area contributed by atoms with E-state index in [2.05, 4.69) is 132 Å². The molecule has 0 saturated carbocycles. The van der Waals surface area contributed by atoms with Crippen LogP contribution in [0.1, 0.15) is 85.4 Å². The summed E-state index contributed by atoms with van der Waals surface area (Å²) in [6.07, 6.45) is 10.1. The minimum Gasteiger partial charge on any atom is -0.423 e. The molecule has 1 aliphatic heterocycles. The molecule has 0 saturated heterocycles. The van der Waals surface area contributed by atoms with Crippen LogP contribution < -0.4 is 21.4 Å². The molecule has 5 N–H and O–H groups in total. The van der Waals surface area contributed by atoms with Crippen LogP contribution in [0.3, 0.4) is 0 Å². The summed E-state index contributed by atoms with van der Waals surface area (Å²) in [6.45, 7) is 21.8. The van der Waals surface area contributed by atoms with Crippen molar-refractivity contribution in [2.45, 2.75) is 92.1 Å². The quantitative estimate of drug-likeness (QED) is 0.0187. The predicted molar refractivity (Wildman–Crippen MR) is 318 cm³/mol. The van der Waals surface area contributed by atoms with Crippen LogP contribution in [-0.2, 0) is 42.2 Å². The van der Waals surface area contributed by atoms with Crippen molar-refractivity contribution in [3.05, 3.63) is 201 Å². The van der Waals surface area contributed by atoms with Gasteiger partial charge in [-0.25, -0.2) is 0 Å². The van der Waals surface area contributed by atoms with Crippen LogP contribution in [0.25, 0.3) is 27.1 Å². The Bertz CT molecular complexity index is 3340. The summed E-state index contributed by atoms with van der Waals surface area (Å²) in [5.41, 5.74) is 12.8. The van der Waals surface area contributed by atoms with Gasteiger partial charge in [0.25, 0.3) is 0 Å². The van der Waals surface area contributed by atoms with Gasteiger partial charge < -0.3 is 25.4 Å². The number of hydrogen-bond donors (Lipinski definition) is 5. The number of nitrogens with one attached hydrogen (secondary N) is 1. The fourth-order valence-electron chi connectivity index (χ4n) is 11.1. The van der Waals surface area contributed by atoms with Crippen molar-refractivity contribution >= 4 is 82.9 Å². The first-order chi connectivity index (χ1) is 36.5. The van der Waals surface area contributed by atoms with Crippen LogP contribution in [0.2, 0.25) is 13.1 Å². The van der Waals surface area contributed by atoms with Crippen molar-refractivity contribution in [3.63, 3.8) is 0 Å². The lowest BCUT2D eigenvalue weighted by atomic mass is 9.77. The van der Waals surface area contributed by atoms with E-state index in [4.69, 9.17) is 0 Å². The molecule has 13 heteroatoms. The molecule has 0 fully saturated rings. The molecule has 0 aromatic heterocycles. The number of carbonyl (C=O) groups excluding carboxylic acids is 2. The van der Waals surface area contributed by atoms with Gasteiger partial charge in [0, 0.05) is 58.3 Å². The van der Waals surface area contributed by atoms with Crippen LogP contribution in [0.15, 0.2) is 167 Å². The van der Waals surface area contributed by atoms with Crippen LogP contribution in [0.4, 0.5) is 0 Å². The first kappa shape index (κ1) is 55.7. The molecule has 8 rings (SSSR count). The minimum atomic E-state index is -2.21. The monoisotopic (exact) mass is 1030 g/mol. The summed E-state index contributed by atoms with van der Waals surface area (Å²) in [6, 6.07) is 37.5. The van der Waals surface area contributed by atoms with Gasteiger partial charge in [-0.1, -0.05) is 142 Å². The number of ketones is 1. The van der Waals surface area contributed by atoms with Crippen molar-refractivity contribution in [2.24, 2.45) is 4.99 Å². The molecule has 6 aromatic rings. The van der Waals surface area contributed by atoms with Gasteiger partial charge >= 0.3 is 14.2 Å². The molecule has 10 nitrogen and oxygen atoms in total. The second-order valence-electron chi connectivity index (χ2n) is 21.1. The molecule has 390 valence electrons. The van der Waals surface area contributed by atoms with E-state index in [1.807, 2.05) is 43.4 Å². The molecule has 1 heterocycles. The summed E-state index contributed by atoms with van der Waals surface area (Å²) in [4.78, 5) is 34.7. The first-order valence-electron chi connectivity index (χ1n) is 26.7. The third-order valence-electron chi connectivity index (χ3n) is 15.3. The number of fused-ring (bicyclic) bond motifs is 4. The second kappa shape index (κ2) is 24.6. The fraction of sp³-hybridized carbons (Fsp3) is 0.286. The Morgan fingerprint density at radius 2 is 1.25 bits per heavy atom. The second-order valence-corrected chi connectivity index (χ2v) is 25.4. The number of unbranched alkanes of at least 4 members (excludes halogenated alkanes) is 1. The van der Waals surface area contributed by atoms with E-state index in [0.29, 0.717) is 87.1 Å². The van der Waals surface area contributed by atoms with Crippen LogP contribution in [-0.4, -0.2) is 96.3 Å².